The van der Waals surface area contributed by atoms with Crippen LogP contribution in [-0.4, -0.2) is 44.2 Å². The van der Waals surface area contributed by atoms with Crippen molar-refractivity contribution < 1.29 is 27.5 Å². The van der Waals surface area contributed by atoms with E-state index in [-0.39, 0.29) is 23.8 Å². The Morgan fingerprint density at radius 1 is 1.14 bits per heavy atom. The summed E-state index contributed by atoms with van der Waals surface area (Å²) >= 11 is 0. The van der Waals surface area contributed by atoms with Crippen LogP contribution in [0.3, 0.4) is 0 Å². The Kier molecular flexibility index (Phi) is 6.86. The summed E-state index contributed by atoms with van der Waals surface area (Å²) in [7, 11) is 0. The van der Waals surface area contributed by atoms with Crippen molar-refractivity contribution in [2.24, 2.45) is 0 Å². The number of nitrogens with one attached hydrogen (secondary N) is 2. The standard InChI is InChI=1S/C24H21F3N6O3/c1-14-18(23(35)29-10-16-5-3-4-6-20(16)36-13-24(25,26)27)9-17(11-28-14)19-7-8-22-31-21(30-15(2)34)12-33(22)32-19/h3-9,11-12H,10,13H2,1-2H3,(H,29,35)(H,30,34). The largest absolute Gasteiger partial charge is 0.484 e. The molecule has 1 aromatic carbocycles. The van der Waals surface area contributed by atoms with Gasteiger partial charge in [0.15, 0.2) is 18.1 Å². The Bertz CT molecular complexity index is 1430. The molecule has 0 saturated carbocycles. The average molecular weight is 498 g/mol. The van der Waals surface area contributed by atoms with Gasteiger partial charge < -0.3 is 15.4 Å². The second-order valence-electron chi connectivity index (χ2n) is 7.88. The fourth-order valence-electron chi connectivity index (χ4n) is 3.40. The molecule has 0 radical (unpaired) electrons. The van der Waals surface area contributed by atoms with Gasteiger partial charge in [0.05, 0.1) is 23.1 Å². The number of anilines is 1. The fourth-order valence-corrected chi connectivity index (χ4v) is 3.40. The topological polar surface area (TPSA) is 111 Å². The van der Waals surface area contributed by atoms with Crippen LogP contribution in [0.15, 0.2) is 54.9 Å². The van der Waals surface area contributed by atoms with E-state index in [1.807, 2.05) is 0 Å². The number of rotatable bonds is 7. The third-order valence-corrected chi connectivity index (χ3v) is 5.05. The quantitative estimate of drug-likeness (QED) is 0.400. The molecule has 0 aliphatic rings. The van der Waals surface area contributed by atoms with E-state index in [4.69, 9.17) is 4.74 Å². The van der Waals surface area contributed by atoms with Crippen LogP contribution in [0.4, 0.5) is 19.0 Å². The van der Waals surface area contributed by atoms with Gasteiger partial charge in [-0.3, -0.25) is 14.6 Å². The number of hydrogen-bond donors (Lipinski definition) is 2. The lowest BCUT2D eigenvalue weighted by atomic mass is 10.1. The molecule has 186 valence electrons. The number of imidazole rings is 1. The molecular weight excluding hydrogens is 477 g/mol. The number of aryl methyl sites for hydroxylation is 1. The second kappa shape index (κ2) is 10.0. The molecule has 0 aliphatic carbocycles. The van der Waals surface area contributed by atoms with Gasteiger partial charge >= 0.3 is 6.18 Å². The van der Waals surface area contributed by atoms with Gasteiger partial charge in [0.2, 0.25) is 5.91 Å². The van der Waals surface area contributed by atoms with Crippen molar-refractivity contribution in [1.82, 2.24) is 24.9 Å². The Balaban J connectivity index is 1.52. The van der Waals surface area contributed by atoms with Crippen molar-refractivity contribution in [2.75, 3.05) is 11.9 Å². The fraction of sp³-hybridized carbons (Fsp3) is 0.208. The Morgan fingerprint density at radius 2 is 1.92 bits per heavy atom. The molecule has 4 aromatic rings. The number of halogens is 3. The predicted molar refractivity (Wildman–Crippen MR) is 124 cm³/mol. The van der Waals surface area contributed by atoms with Crippen molar-refractivity contribution in [3.63, 3.8) is 0 Å². The summed E-state index contributed by atoms with van der Waals surface area (Å²) < 4.78 is 44.0. The zero-order valence-electron chi connectivity index (χ0n) is 19.3. The Hall–Kier alpha value is -4.48. The highest BCUT2D eigenvalue weighted by molar-refractivity contribution is 5.96. The van der Waals surface area contributed by atoms with Crippen LogP contribution < -0.4 is 15.4 Å². The first-order valence-electron chi connectivity index (χ1n) is 10.8. The van der Waals surface area contributed by atoms with Crippen molar-refractivity contribution >= 4 is 23.3 Å². The number of para-hydroxylation sites is 1. The smallest absolute Gasteiger partial charge is 0.422 e. The van der Waals surface area contributed by atoms with E-state index in [0.29, 0.717) is 34.0 Å². The number of carbonyl (C=O) groups is 2. The maximum Gasteiger partial charge on any atom is 0.422 e. The highest BCUT2D eigenvalue weighted by atomic mass is 19.4. The minimum Gasteiger partial charge on any atom is -0.484 e. The summed E-state index contributed by atoms with van der Waals surface area (Å²) in [6.45, 7) is 1.58. The molecule has 2 amide bonds. The number of hydrogen-bond acceptors (Lipinski definition) is 6. The number of aromatic nitrogens is 4. The summed E-state index contributed by atoms with van der Waals surface area (Å²) in [5, 5.41) is 9.77. The van der Waals surface area contributed by atoms with Gasteiger partial charge in [-0.2, -0.15) is 18.3 Å². The van der Waals surface area contributed by atoms with Crippen LogP contribution >= 0.6 is 0 Å². The minimum atomic E-state index is -4.47. The first kappa shape index (κ1) is 24.6. The molecule has 2 N–H and O–H groups in total. The summed E-state index contributed by atoms with van der Waals surface area (Å²) in [6, 6.07) is 11.2. The van der Waals surface area contributed by atoms with Crippen LogP contribution in [0.2, 0.25) is 0 Å². The molecule has 0 fully saturated rings. The zero-order valence-corrected chi connectivity index (χ0v) is 19.3. The molecular formula is C24H21F3N6O3. The van der Waals surface area contributed by atoms with Crippen LogP contribution in [-0.2, 0) is 11.3 Å². The number of fused-ring (bicyclic) bond motifs is 1. The Morgan fingerprint density at radius 3 is 2.67 bits per heavy atom. The molecule has 0 saturated heterocycles. The van der Waals surface area contributed by atoms with Crippen molar-refractivity contribution in [3.8, 4) is 17.0 Å². The number of carbonyl (C=O) groups excluding carboxylic acids is 2. The van der Waals surface area contributed by atoms with Gasteiger partial charge in [-0.25, -0.2) is 9.50 Å². The van der Waals surface area contributed by atoms with Gasteiger partial charge in [-0.1, -0.05) is 18.2 Å². The van der Waals surface area contributed by atoms with Gasteiger partial charge in [-0.05, 0) is 31.2 Å². The lowest BCUT2D eigenvalue weighted by molar-refractivity contribution is -0.153. The normalized spacial score (nSPS) is 11.4. The Labute approximate surface area is 203 Å². The van der Waals surface area contributed by atoms with Gasteiger partial charge in [-0.15, -0.1) is 0 Å². The number of benzene rings is 1. The van der Waals surface area contributed by atoms with Crippen molar-refractivity contribution in [1.29, 1.82) is 0 Å². The molecule has 0 atom stereocenters. The molecule has 0 unspecified atom stereocenters. The molecule has 36 heavy (non-hydrogen) atoms. The first-order chi connectivity index (χ1) is 17.1. The first-order valence-corrected chi connectivity index (χ1v) is 10.8. The average Bonchev–Trinajstić information content (AvgIpc) is 3.22. The monoisotopic (exact) mass is 498 g/mol. The number of nitrogens with zero attached hydrogens (tertiary/aromatic N) is 4. The van der Waals surface area contributed by atoms with E-state index in [2.05, 4.69) is 25.7 Å². The van der Waals surface area contributed by atoms with E-state index in [1.54, 1.807) is 55.7 Å². The highest BCUT2D eigenvalue weighted by Crippen LogP contribution is 2.23. The molecule has 12 heteroatoms. The highest BCUT2D eigenvalue weighted by Gasteiger charge is 2.28. The number of ether oxygens (including phenoxy) is 1. The molecule has 4 rings (SSSR count). The minimum absolute atomic E-state index is 0.0372. The van der Waals surface area contributed by atoms with Gasteiger partial charge in [0.1, 0.15) is 5.75 Å². The zero-order chi connectivity index (χ0) is 25.9. The number of amides is 2. The molecule has 0 aliphatic heterocycles. The molecule has 3 aromatic heterocycles. The maximum atomic E-state index is 12.9. The SMILES string of the molecule is CC(=O)Nc1cn2nc(-c3cnc(C)c(C(=O)NCc4ccccc4OCC(F)(F)F)c3)ccc2n1. The van der Waals surface area contributed by atoms with E-state index in [0.717, 1.165) is 0 Å². The summed E-state index contributed by atoms with van der Waals surface area (Å²) in [4.78, 5) is 32.7. The van der Waals surface area contributed by atoms with Gasteiger partial charge in [0.25, 0.3) is 5.91 Å². The summed E-state index contributed by atoms with van der Waals surface area (Å²) in [6.07, 6.45) is -1.33. The van der Waals surface area contributed by atoms with E-state index < -0.39 is 18.7 Å². The van der Waals surface area contributed by atoms with Crippen LogP contribution in [0.1, 0.15) is 28.5 Å². The summed E-state index contributed by atoms with van der Waals surface area (Å²) in [5.41, 5.74) is 2.76. The third-order valence-electron chi connectivity index (χ3n) is 5.05. The van der Waals surface area contributed by atoms with Crippen LogP contribution in [0.25, 0.3) is 16.9 Å². The molecule has 9 nitrogen and oxygen atoms in total. The lowest BCUT2D eigenvalue weighted by Crippen LogP contribution is -2.25. The van der Waals surface area contributed by atoms with E-state index >= 15 is 0 Å². The maximum absolute atomic E-state index is 12.9. The number of pyridine rings is 1. The molecule has 0 spiro atoms. The van der Waals surface area contributed by atoms with Gasteiger partial charge in [0, 0.05) is 30.8 Å². The van der Waals surface area contributed by atoms with Crippen molar-refractivity contribution in [2.45, 2.75) is 26.6 Å². The number of alkyl halides is 3. The van der Waals surface area contributed by atoms with E-state index in [1.165, 1.54) is 17.5 Å². The van der Waals surface area contributed by atoms with E-state index in [9.17, 15) is 22.8 Å². The lowest BCUT2D eigenvalue weighted by Gasteiger charge is -2.14. The predicted octanol–water partition coefficient (Wildman–Crippen LogP) is 3.93. The van der Waals surface area contributed by atoms with Crippen LogP contribution in [0, 0.1) is 6.92 Å². The van der Waals surface area contributed by atoms with Crippen LogP contribution in [0.5, 0.6) is 5.75 Å². The second-order valence-corrected chi connectivity index (χ2v) is 7.88. The summed E-state index contributed by atoms with van der Waals surface area (Å²) in [5.74, 6) is -0.320. The molecule has 3 heterocycles. The molecule has 0 bridgehead atoms. The van der Waals surface area contributed by atoms with Crippen molar-refractivity contribution in [3.05, 3.63) is 71.7 Å². The third kappa shape index (κ3) is 5.95.